The summed E-state index contributed by atoms with van der Waals surface area (Å²) in [5.74, 6) is 0.713. The molecule has 3 heteroatoms. The van der Waals surface area contributed by atoms with Crippen LogP contribution in [-0.2, 0) is 10.8 Å². The highest BCUT2D eigenvalue weighted by atomic mass is 15.0. The molecule has 292 valence electrons. The lowest BCUT2D eigenvalue weighted by atomic mass is 9.63. The van der Waals surface area contributed by atoms with Gasteiger partial charge in [-0.15, -0.1) is 0 Å². The van der Waals surface area contributed by atoms with Crippen molar-refractivity contribution in [1.82, 2.24) is 14.5 Å². The largest absolute Gasteiger partial charge is 0.309 e. The molecule has 2 heterocycles. The first kappa shape index (κ1) is 35.8. The monoisotopic (exact) mass is 783 g/mol. The highest BCUT2D eigenvalue weighted by molar-refractivity contribution is 6.19. The summed E-state index contributed by atoms with van der Waals surface area (Å²) in [5.41, 5.74) is 13.1. The Labute approximate surface area is 356 Å². The van der Waals surface area contributed by atoms with Gasteiger partial charge in [0.25, 0.3) is 0 Å². The van der Waals surface area contributed by atoms with E-state index in [1.807, 2.05) is 0 Å². The molecule has 0 fully saturated rings. The van der Waals surface area contributed by atoms with Crippen molar-refractivity contribution in [1.29, 1.82) is 0 Å². The van der Waals surface area contributed by atoms with Crippen LogP contribution in [0.15, 0.2) is 176 Å². The number of fused-ring (bicyclic) bond motifs is 10. The number of benzene rings is 9. The van der Waals surface area contributed by atoms with E-state index in [1.165, 1.54) is 78.4 Å². The maximum Gasteiger partial charge on any atom is 0.160 e. The number of nitrogens with zero attached hydrogens (tertiary/aromatic N) is 3. The van der Waals surface area contributed by atoms with Crippen molar-refractivity contribution in [2.24, 2.45) is 0 Å². The van der Waals surface area contributed by atoms with Gasteiger partial charge in [0.15, 0.2) is 5.82 Å². The van der Waals surface area contributed by atoms with Gasteiger partial charge in [-0.3, -0.25) is 0 Å². The van der Waals surface area contributed by atoms with Gasteiger partial charge in [0.2, 0.25) is 0 Å². The molecule has 0 atom stereocenters. The van der Waals surface area contributed by atoms with E-state index in [-0.39, 0.29) is 10.8 Å². The normalized spacial score (nSPS) is 14.7. The zero-order valence-corrected chi connectivity index (χ0v) is 35.0. The summed E-state index contributed by atoms with van der Waals surface area (Å²) in [7, 11) is 0. The molecule has 0 spiro atoms. The fraction of sp³-hybridized carbons (Fsp3) is 0.138. The van der Waals surface area contributed by atoms with E-state index in [1.54, 1.807) is 0 Å². The first-order valence-electron chi connectivity index (χ1n) is 21.6. The van der Waals surface area contributed by atoms with Crippen LogP contribution in [-0.4, -0.2) is 14.5 Å². The lowest BCUT2D eigenvalue weighted by molar-refractivity contribution is 0.332. The Morgan fingerprint density at radius 2 is 1.02 bits per heavy atom. The van der Waals surface area contributed by atoms with Crippen LogP contribution in [0.2, 0.25) is 0 Å². The van der Waals surface area contributed by atoms with Crippen molar-refractivity contribution in [3.63, 3.8) is 0 Å². The SMILES string of the molecule is CC1(C)CCC(C)(C)c2cc3c(cc21)c1ccc2ccccc2c1n3-c1cccc(-c2nc(-c3ccc(-c4cccc5ccccc45)cc3)c3ccc4ccccc4c3n2)c1. The van der Waals surface area contributed by atoms with Crippen LogP contribution < -0.4 is 0 Å². The molecule has 1 aliphatic rings. The summed E-state index contributed by atoms with van der Waals surface area (Å²) < 4.78 is 2.51. The van der Waals surface area contributed by atoms with Gasteiger partial charge in [-0.1, -0.05) is 173 Å². The van der Waals surface area contributed by atoms with Crippen molar-refractivity contribution >= 4 is 65.0 Å². The molecule has 0 radical (unpaired) electrons. The Kier molecular flexibility index (Phi) is 7.75. The molecule has 0 saturated heterocycles. The lowest BCUT2D eigenvalue weighted by Crippen LogP contribution is -2.33. The Hall–Kier alpha value is -7.10. The number of hydrogen-bond donors (Lipinski definition) is 0. The second-order valence-corrected chi connectivity index (χ2v) is 18.4. The molecule has 2 aromatic heterocycles. The summed E-state index contributed by atoms with van der Waals surface area (Å²) in [5, 5.41) is 10.9. The molecule has 0 saturated carbocycles. The van der Waals surface area contributed by atoms with Gasteiger partial charge in [0.1, 0.15) is 0 Å². The average molecular weight is 784 g/mol. The first-order valence-corrected chi connectivity index (χ1v) is 21.6. The minimum Gasteiger partial charge on any atom is -0.309 e. The van der Waals surface area contributed by atoms with Crippen LogP contribution in [0, 0.1) is 0 Å². The second kappa shape index (κ2) is 13.2. The summed E-state index contributed by atoms with van der Waals surface area (Å²) >= 11 is 0. The average Bonchev–Trinajstić information content (AvgIpc) is 3.64. The second-order valence-electron chi connectivity index (χ2n) is 18.4. The highest BCUT2D eigenvalue weighted by Crippen LogP contribution is 2.49. The van der Waals surface area contributed by atoms with Gasteiger partial charge in [-0.2, -0.15) is 0 Å². The van der Waals surface area contributed by atoms with E-state index in [0.717, 1.165) is 44.2 Å². The Morgan fingerprint density at radius 1 is 0.426 bits per heavy atom. The van der Waals surface area contributed by atoms with Gasteiger partial charge in [-0.05, 0) is 97.8 Å². The van der Waals surface area contributed by atoms with Crippen molar-refractivity contribution in [2.75, 3.05) is 0 Å². The number of aromatic nitrogens is 3. The minimum atomic E-state index is 0.0788. The summed E-state index contributed by atoms with van der Waals surface area (Å²) in [6, 6.07) is 64.4. The molecular formula is C58H45N3. The van der Waals surface area contributed by atoms with Crippen molar-refractivity contribution in [3.8, 4) is 39.5 Å². The van der Waals surface area contributed by atoms with E-state index in [2.05, 4.69) is 208 Å². The molecule has 3 nitrogen and oxygen atoms in total. The van der Waals surface area contributed by atoms with Crippen LogP contribution in [0.1, 0.15) is 51.7 Å². The van der Waals surface area contributed by atoms with E-state index in [0.29, 0.717) is 5.82 Å². The number of rotatable bonds is 4. The predicted octanol–water partition coefficient (Wildman–Crippen LogP) is 15.5. The molecule has 1 aliphatic carbocycles. The third-order valence-electron chi connectivity index (χ3n) is 13.8. The Morgan fingerprint density at radius 3 is 1.77 bits per heavy atom. The zero-order chi connectivity index (χ0) is 41.0. The maximum absolute atomic E-state index is 5.47. The molecule has 12 rings (SSSR count). The molecule has 0 aliphatic heterocycles. The first-order chi connectivity index (χ1) is 29.7. The van der Waals surface area contributed by atoms with Crippen LogP contribution >= 0.6 is 0 Å². The van der Waals surface area contributed by atoms with Crippen LogP contribution in [0.5, 0.6) is 0 Å². The topological polar surface area (TPSA) is 30.7 Å². The lowest BCUT2D eigenvalue weighted by Gasteiger charge is -2.42. The Bertz CT molecular complexity index is 3580. The van der Waals surface area contributed by atoms with E-state index < -0.39 is 0 Å². The van der Waals surface area contributed by atoms with Gasteiger partial charge in [-0.25, -0.2) is 9.97 Å². The number of hydrogen-bond acceptors (Lipinski definition) is 2. The van der Waals surface area contributed by atoms with E-state index in [9.17, 15) is 0 Å². The minimum absolute atomic E-state index is 0.0788. The smallest absolute Gasteiger partial charge is 0.160 e. The van der Waals surface area contributed by atoms with E-state index in [4.69, 9.17) is 9.97 Å². The van der Waals surface area contributed by atoms with E-state index >= 15 is 0 Å². The summed E-state index contributed by atoms with van der Waals surface area (Å²) in [6.45, 7) is 9.69. The van der Waals surface area contributed by atoms with Crippen molar-refractivity contribution in [3.05, 3.63) is 187 Å². The highest BCUT2D eigenvalue weighted by Gasteiger charge is 2.38. The molecule has 0 unspecified atom stereocenters. The maximum atomic E-state index is 5.47. The third-order valence-corrected chi connectivity index (χ3v) is 13.8. The fourth-order valence-electron chi connectivity index (χ4n) is 10.4. The quantitative estimate of drug-likeness (QED) is 0.166. The van der Waals surface area contributed by atoms with Crippen molar-refractivity contribution < 1.29 is 0 Å². The molecule has 11 aromatic rings. The van der Waals surface area contributed by atoms with Crippen LogP contribution in [0.25, 0.3) is 104 Å². The van der Waals surface area contributed by atoms with Gasteiger partial charge in [0, 0.05) is 43.7 Å². The third kappa shape index (κ3) is 5.57. The molecule has 0 amide bonds. The Balaban J connectivity index is 1.08. The fourth-order valence-corrected chi connectivity index (χ4v) is 10.4. The molecule has 61 heavy (non-hydrogen) atoms. The molecule has 0 bridgehead atoms. The van der Waals surface area contributed by atoms with Gasteiger partial charge >= 0.3 is 0 Å². The predicted molar refractivity (Wildman–Crippen MR) is 258 cm³/mol. The molecular weight excluding hydrogens is 739 g/mol. The molecule has 9 aromatic carbocycles. The standard InChI is InChI=1S/C58H45N3/c1-57(2)31-32-58(3,4)51-35-52-49(34-50(51)57)47-29-27-38-15-7-10-21-46(38)55(47)61(52)42-18-11-17-41(33-42)56-59-53(48-30-28-37-14-6-9-20-45(37)54(48)60-56)40-25-23-39(24-26-40)44-22-12-16-36-13-5-8-19-43(36)44/h5-30,33-35H,31-32H2,1-4H3. The summed E-state index contributed by atoms with van der Waals surface area (Å²) in [6.07, 6.45) is 2.35. The zero-order valence-electron chi connectivity index (χ0n) is 35.0. The van der Waals surface area contributed by atoms with Crippen LogP contribution in [0.3, 0.4) is 0 Å². The summed E-state index contributed by atoms with van der Waals surface area (Å²) in [4.78, 5) is 10.9. The van der Waals surface area contributed by atoms with Crippen LogP contribution in [0.4, 0.5) is 0 Å². The molecule has 0 N–H and O–H groups in total. The van der Waals surface area contributed by atoms with Gasteiger partial charge in [0.05, 0.1) is 22.2 Å². The van der Waals surface area contributed by atoms with Gasteiger partial charge < -0.3 is 4.57 Å². The van der Waals surface area contributed by atoms with Crippen molar-refractivity contribution in [2.45, 2.75) is 51.4 Å².